The Balaban J connectivity index is 2.88. The number of rotatable bonds is 8. The van der Waals surface area contributed by atoms with Crippen molar-refractivity contribution in [3.63, 3.8) is 0 Å². The predicted octanol–water partition coefficient (Wildman–Crippen LogP) is 0.153. The minimum atomic E-state index is -3.66. The number of hydrogen-bond acceptors (Lipinski definition) is 5. The molecule has 1 aromatic carbocycles. The predicted molar refractivity (Wildman–Crippen MR) is 71.1 cm³/mol. The van der Waals surface area contributed by atoms with Gasteiger partial charge in [0.2, 0.25) is 10.0 Å². The molecule has 8 heteroatoms. The van der Waals surface area contributed by atoms with Crippen LogP contribution in [0.1, 0.15) is 6.92 Å². The van der Waals surface area contributed by atoms with Crippen LogP contribution in [0.2, 0.25) is 0 Å². The molecular formula is C12H17NO6S. The van der Waals surface area contributed by atoms with E-state index in [9.17, 15) is 13.2 Å². The van der Waals surface area contributed by atoms with E-state index in [0.717, 1.165) is 4.31 Å². The molecule has 2 N–H and O–H groups in total. The maximum absolute atomic E-state index is 12.2. The number of carbonyl (C=O) groups is 1. The number of benzene rings is 1. The number of ether oxygens (including phenoxy) is 1. The zero-order chi connectivity index (χ0) is 15.2. The van der Waals surface area contributed by atoms with Gasteiger partial charge in [-0.3, -0.25) is 0 Å². The Bertz CT molecular complexity index is 540. The summed E-state index contributed by atoms with van der Waals surface area (Å²) in [5.74, 6) is -0.835. The van der Waals surface area contributed by atoms with Gasteiger partial charge in [0.25, 0.3) is 0 Å². The molecule has 0 aliphatic heterocycles. The lowest BCUT2D eigenvalue weighted by atomic mass is 10.3. The Labute approximate surface area is 117 Å². The van der Waals surface area contributed by atoms with Crippen molar-refractivity contribution in [1.82, 2.24) is 4.31 Å². The summed E-state index contributed by atoms with van der Waals surface area (Å²) >= 11 is 0. The van der Waals surface area contributed by atoms with Crippen LogP contribution in [0.5, 0.6) is 5.75 Å². The van der Waals surface area contributed by atoms with Crippen molar-refractivity contribution in [2.75, 3.05) is 26.3 Å². The van der Waals surface area contributed by atoms with Crippen molar-refractivity contribution in [3.05, 3.63) is 24.3 Å². The summed E-state index contributed by atoms with van der Waals surface area (Å²) in [5, 5.41) is 17.3. The molecule has 7 nitrogen and oxygen atoms in total. The second-order valence-electron chi connectivity index (χ2n) is 3.87. The highest BCUT2D eigenvalue weighted by atomic mass is 32.2. The fraction of sp³-hybridized carbons (Fsp3) is 0.417. The largest absolute Gasteiger partial charge is 0.482 e. The SMILES string of the molecule is CCN(CCO)S(=O)(=O)c1ccc(OCC(=O)O)cc1. The van der Waals surface area contributed by atoms with Crippen LogP contribution < -0.4 is 4.74 Å². The van der Waals surface area contributed by atoms with Crippen LogP contribution in [0.15, 0.2) is 29.2 Å². The quantitative estimate of drug-likeness (QED) is 0.708. The third-order valence-corrected chi connectivity index (χ3v) is 4.51. The third-order valence-electron chi connectivity index (χ3n) is 2.53. The number of hydrogen-bond donors (Lipinski definition) is 2. The standard InChI is InChI=1S/C12H17NO6S/c1-2-13(7-8-14)20(17,18)11-5-3-10(4-6-11)19-9-12(15)16/h3-6,14H,2,7-9H2,1H3,(H,15,16). The molecule has 0 heterocycles. The van der Waals surface area contributed by atoms with Gasteiger partial charge in [0.15, 0.2) is 6.61 Å². The Morgan fingerprint density at radius 2 is 1.90 bits per heavy atom. The van der Waals surface area contributed by atoms with Gasteiger partial charge in [0.05, 0.1) is 11.5 Å². The highest BCUT2D eigenvalue weighted by Crippen LogP contribution is 2.19. The summed E-state index contributed by atoms with van der Waals surface area (Å²) in [6.45, 7) is 1.21. The summed E-state index contributed by atoms with van der Waals surface area (Å²) in [6.07, 6.45) is 0. The van der Waals surface area contributed by atoms with E-state index >= 15 is 0 Å². The lowest BCUT2D eigenvalue weighted by Gasteiger charge is -2.19. The van der Waals surface area contributed by atoms with E-state index in [1.165, 1.54) is 24.3 Å². The van der Waals surface area contributed by atoms with E-state index in [1.54, 1.807) is 6.92 Å². The van der Waals surface area contributed by atoms with Gasteiger partial charge in [-0.15, -0.1) is 0 Å². The van der Waals surface area contributed by atoms with E-state index in [4.69, 9.17) is 14.9 Å². The summed E-state index contributed by atoms with van der Waals surface area (Å²) in [5.41, 5.74) is 0. The fourth-order valence-corrected chi connectivity index (χ4v) is 3.00. The summed E-state index contributed by atoms with van der Waals surface area (Å²) < 4.78 is 30.5. The Morgan fingerprint density at radius 1 is 1.30 bits per heavy atom. The van der Waals surface area contributed by atoms with Crippen LogP contribution in [0.4, 0.5) is 0 Å². The van der Waals surface area contributed by atoms with Crippen LogP contribution in [0.3, 0.4) is 0 Å². The number of likely N-dealkylation sites (N-methyl/N-ethyl adjacent to an activating group) is 1. The molecule has 1 rings (SSSR count). The molecule has 0 fully saturated rings. The number of sulfonamides is 1. The van der Waals surface area contributed by atoms with Gasteiger partial charge in [0.1, 0.15) is 5.75 Å². The molecule has 112 valence electrons. The Kier molecular flexibility index (Phi) is 5.93. The van der Waals surface area contributed by atoms with Gasteiger partial charge >= 0.3 is 5.97 Å². The van der Waals surface area contributed by atoms with E-state index < -0.39 is 22.6 Å². The lowest BCUT2D eigenvalue weighted by Crippen LogP contribution is -2.33. The molecule has 0 aliphatic rings. The maximum Gasteiger partial charge on any atom is 0.341 e. The topological polar surface area (TPSA) is 104 Å². The average Bonchev–Trinajstić information content (AvgIpc) is 2.42. The number of nitrogens with zero attached hydrogens (tertiary/aromatic N) is 1. The number of aliphatic carboxylic acids is 1. The highest BCUT2D eigenvalue weighted by molar-refractivity contribution is 7.89. The number of aliphatic hydroxyl groups excluding tert-OH is 1. The van der Waals surface area contributed by atoms with Crippen molar-refractivity contribution in [1.29, 1.82) is 0 Å². The summed E-state index contributed by atoms with van der Waals surface area (Å²) in [4.78, 5) is 10.4. The van der Waals surface area contributed by atoms with Crippen LogP contribution in [-0.4, -0.2) is 55.2 Å². The van der Waals surface area contributed by atoms with Crippen molar-refractivity contribution < 1.29 is 28.2 Å². The first kappa shape index (κ1) is 16.4. The second-order valence-corrected chi connectivity index (χ2v) is 5.81. The van der Waals surface area contributed by atoms with Gasteiger partial charge in [-0.2, -0.15) is 4.31 Å². The lowest BCUT2D eigenvalue weighted by molar-refractivity contribution is -0.139. The van der Waals surface area contributed by atoms with Crippen LogP contribution in [0.25, 0.3) is 0 Å². The normalized spacial score (nSPS) is 11.6. The van der Waals surface area contributed by atoms with Crippen LogP contribution in [-0.2, 0) is 14.8 Å². The second kappa shape index (κ2) is 7.22. The monoisotopic (exact) mass is 303 g/mol. The molecule has 20 heavy (non-hydrogen) atoms. The van der Waals surface area contributed by atoms with Crippen molar-refractivity contribution in [2.45, 2.75) is 11.8 Å². The molecule has 0 saturated carbocycles. The first-order valence-electron chi connectivity index (χ1n) is 5.97. The molecule has 0 aromatic heterocycles. The molecule has 0 aliphatic carbocycles. The molecule has 0 atom stereocenters. The minimum Gasteiger partial charge on any atom is -0.482 e. The molecular weight excluding hydrogens is 286 g/mol. The van der Waals surface area contributed by atoms with Crippen molar-refractivity contribution in [2.24, 2.45) is 0 Å². The molecule has 0 radical (unpaired) electrons. The minimum absolute atomic E-state index is 0.0239. The third kappa shape index (κ3) is 4.19. The van der Waals surface area contributed by atoms with Gasteiger partial charge in [-0.25, -0.2) is 13.2 Å². The van der Waals surface area contributed by atoms with Gasteiger partial charge < -0.3 is 14.9 Å². The van der Waals surface area contributed by atoms with E-state index in [0.29, 0.717) is 0 Å². The zero-order valence-corrected chi connectivity index (χ0v) is 11.8. The van der Waals surface area contributed by atoms with Crippen LogP contribution >= 0.6 is 0 Å². The van der Waals surface area contributed by atoms with E-state index in [-0.39, 0.29) is 30.3 Å². The van der Waals surface area contributed by atoms with Crippen molar-refractivity contribution in [3.8, 4) is 5.75 Å². The molecule has 0 saturated heterocycles. The molecule has 0 unspecified atom stereocenters. The molecule has 0 spiro atoms. The molecule has 0 bridgehead atoms. The van der Waals surface area contributed by atoms with Gasteiger partial charge in [-0.1, -0.05) is 6.92 Å². The van der Waals surface area contributed by atoms with Gasteiger partial charge in [0, 0.05) is 13.1 Å². The smallest absolute Gasteiger partial charge is 0.341 e. The van der Waals surface area contributed by atoms with Crippen molar-refractivity contribution >= 4 is 16.0 Å². The average molecular weight is 303 g/mol. The van der Waals surface area contributed by atoms with Gasteiger partial charge in [-0.05, 0) is 24.3 Å². The fourth-order valence-electron chi connectivity index (χ4n) is 1.56. The first-order valence-corrected chi connectivity index (χ1v) is 7.41. The number of carboxylic acids is 1. The highest BCUT2D eigenvalue weighted by Gasteiger charge is 2.22. The zero-order valence-electron chi connectivity index (χ0n) is 11.0. The maximum atomic E-state index is 12.2. The number of aliphatic hydroxyl groups is 1. The summed E-state index contributed by atoms with van der Waals surface area (Å²) in [6, 6.07) is 5.46. The number of carboxylic acid groups (broad SMARTS) is 1. The Hall–Kier alpha value is -1.64. The first-order chi connectivity index (χ1) is 9.41. The van der Waals surface area contributed by atoms with E-state index in [2.05, 4.69) is 0 Å². The Morgan fingerprint density at radius 3 is 2.35 bits per heavy atom. The summed E-state index contributed by atoms with van der Waals surface area (Å²) in [7, 11) is -3.66. The van der Waals surface area contributed by atoms with Crippen LogP contribution in [0, 0.1) is 0 Å². The van der Waals surface area contributed by atoms with E-state index in [1.807, 2.05) is 0 Å². The molecule has 1 aromatic rings. The molecule has 0 amide bonds.